The molecule has 15 heavy (non-hydrogen) atoms. The van der Waals surface area contributed by atoms with E-state index < -0.39 is 0 Å². The lowest BCUT2D eigenvalue weighted by Gasteiger charge is -2.31. The summed E-state index contributed by atoms with van der Waals surface area (Å²) < 4.78 is 0. The first kappa shape index (κ1) is 12.2. The van der Waals surface area contributed by atoms with Gasteiger partial charge in [-0.15, -0.1) is 0 Å². The van der Waals surface area contributed by atoms with Crippen LogP contribution in [0.3, 0.4) is 0 Å². The minimum atomic E-state index is 0.191. The fourth-order valence-corrected chi connectivity index (χ4v) is 1.78. The topological polar surface area (TPSA) is 24.9 Å². The normalized spacial score (nSPS) is 13.9. The monoisotopic (exact) mass is 206 g/mol. The van der Waals surface area contributed by atoms with Crippen LogP contribution in [-0.4, -0.2) is 11.5 Å². The number of aromatic nitrogens is 1. The van der Waals surface area contributed by atoms with Crippen LogP contribution >= 0.6 is 0 Å². The fourth-order valence-electron chi connectivity index (χ4n) is 1.78. The molecule has 1 atom stereocenters. The molecule has 1 N–H and O–H groups in total. The van der Waals surface area contributed by atoms with Crippen molar-refractivity contribution in [3.63, 3.8) is 0 Å². The van der Waals surface area contributed by atoms with Gasteiger partial charge in [-0.05, 0) is 36.6 Å². The molecule has 0 saturated carbocycles. The summed E-state index contributed by atoms with van der Waals surface area (Å²) >= 11 is 0. The molecule has 0 amide bonds. The molecule has 0 saturated heterocycles. The highest BCUT2D eigenvalue weighted by atomic mass is 14.9. The molecule has 1 unspecified atom stereocenters. The molecular weight excluding hydrogens is 184 g/mol. The van der Waals surface area contributed by atoms with E-state index in [2.05, 4.69) is 51.0 Å². The van der Waals surface area contributed by atoms with Crippen molar-refractivity contribution in [2.45, 2.75) is 40.7 Å². The highest BCUT2D eigenvalue weighted by Gasteiger charge is 2.26. The van der Waals surface area contributed by atoms with E-state index in [0.717, 1.165) is 12.2 Å². The second-order valence-electron chi connectivity index (χ2n) is 5.11. The van der Waals surface area contributed by atoms with Crippen LogP contribution in [0.5, 0.6) is 0 Å². The van der Waals surface area contributed by atoms with Gasteiger partial charge in [-0.2, -0.15) is 0 Å². The quantitative estimate of drug-likeness (QED) is 0.822. The van der Waals surface area contributed by atoms with Gasteiger partial charge in [0.25, 0.3) is 0 Å². The predicted molar refractivity (Wildman–Crippen MR) is 64.8 cm³/mol. The third-order valence-electron chi connectivity index (χ3n) is 2.51. The molecule has 0 aliphatic heterocycles. The molecule has 1 rings (SSSR count). The summed E-state index contributed by atoms with van der Waals surface area (Å²) in [7, 11) is 0. The Labute approximate surface area is 93.1 Å². The van der Waals surface area contributed by atoms with Gasteiger partial charge in [0.05, 0.1) is 11.7 Å². The van der Waals surface area contributed by atoms with Crippen molar-refractivity contribution >= 4 is 0 Å². The summed E-state index contributed by atoms with van der Waals surface area (Å²) in [6.45, 7) is 11.9. The summed E-state index contributed by atoms with van der Waals surface area (Å²) in [5.41, 5.74) is 2.60. The van der Waals surface area contributed by atoms with E-state index in [1.54, 1.807) is 0 Å². The highest BCUT2D eigenvalue weighted by Crippen LogP contribution is 2.31. The highest BCUT2D eigenvalue weighted by molar-refractivity contribution is 5.18. The number of nitrogens with one attached hydrogen (secondary N) is 1. The van der Waals surface area contributed by atoms with Gasteiger partial charge >= 0.3 is 0 Å². The van der Waals surface area contributed by atoms with Crippen LogP contribution < -0.4 is 5.32 Å². The lowest BCUT2D eigenvalue weighted by molar-refractivity contribution is 0.271. The molecule has 0 aliphatic rings. The van der Waals surface area contributed by atoms with Crippen LogP contribution in [0.25, 0.3) is 0 Å². The van der Waals surface area contributed by atoms with E-state index in [0.29, 0.717) is 6.04 Å². The Bertz CT molecular complexity index is 313. The van der Waals surface area contributed by atoms with E-state index >= 15 is 0 Å². The van der Waals surface area contributed by atoms with Crippen LogP contribution in [0.1, 0.15) is 45.0 Å². The van der Waals surface area contributed by atoms with Crippen molar-refractivity contribution in [2.75, 3.05) is 6.54 Å². The molecule has 1 aromatic rings. The summed E-state index contributed by atoms with van der Waals surface area (Å²) in [4.78, 5) is 4.46. The summed E-state index contributed by atoms with van der Waals surface area (Å²) in [5.74, 6) is 0. The standard InChI is InChI=1S/C13H22N2/c1-6-14-12(13(3,4)5)11-9-10(2)7-8-15-11/h7-9,12,14H,6H2,1-5H3. The first-order chi connectivity index (χ1) is 6.95. The van der Waals surface area contributed by atoms with Gasteiger partial charge in [0.15, 0.2) is 0 Å². The van der Waals surface area contributed by atoms with Crippen molar-refractivity contribution in [3.8, 4) is 0 Å². The molecular formula is C13H22N2. The Morgan fingerprint density at radius 2 is 2.07 bits per heavy atom. The molecule has 2 heteroatoms. The molecule has 1 aromatic heterocycles. The molecule has 0 aromatic carbocycles. The number of nitrogens with zero attached hydrogens (tertiary/aromatic N) is 1. The maximum atomic E-state index is 4.46. The number of hydrogen-bond donors (Lipinski definition) is 1. The molecule has 2 nitrogen and oxygen atoms in total. The molecule has 0 radical (unpaired) electrons. The van der Waals surface area contributed by atoms with Gasteiger partial charge in [-0.1, -0.05) is 27.7 Å². The van der Waals surface area contributed by atoms with E-state index in [1.807, 2.05) is 12.3 Å². The Morgan fingerprint density at radius 3 is 2.53 bits per heavy atom. The average Bonchev–Trinajstić information content (AvgIpc) is 2.12. The third-order valence-corrected chi connectivity index (χ3v) is 2.51. The summed E-state index contributed by atoms with van der Waals surface area (Å²) in [5, 5.41) is 3.50. The van der Waals surface area contributed by atoms with E-state index in [1.165, 1.54) is 5.56 Å². The lowest BCUT2D eigenvalue weighted by Crippen LogP contribution is -2.32. The summed E-state index contributed by atoms with van der Waals surface area (Å²) in [6.07, 6.45) is 1.89. The van der Waals surface area contributed by atoms with Gasteiger partial charge < -0.3 is 5.32 Å². The Kier molecular flexibility index (Phi) is 3.86. The maximum Gasteiger partial charge on any atom is 0.0581 e. The third kappa shape index (κ3) is 3.31. The molecule has 0 spiro atoms. The van der Waals surface area contributed by atoms with Crippen LogP contribution in [0, 0.1) is 12.3 Å². The summed E-state index contributed by atoms with van der Waals surface area (Å²) in [6, 6.07) is 4.52. The second-order valence-corrected chi connectivity index (χ2v) is 5.11. The van der Waals surface area contributed by atoms with Crippen LogP contribution in [0.15, 0.2) is 18.3 Å². The van der Waals surface area contributed by atoms with E-state index in [9.17, 15) is 0 Å². The lowest BCUT2D eigenvalue weighted by atomic mass is 9.84. The maximum absolute atomic E-state index is 4.46. The largest absolute Gasteiger partial charge is 0.308 e. The second kappa shape index (κ2) is 4.75. The molecule has 0 aliphatic carbocycles. The molecule has 1 heterocycles. The van der Waals surface area contributed by atoms with E-state index in [4.69, 9.17) is 0 Å². The molecule has 0 bridgehead atoms. The van der Waals surface area contributed by atoms with Crippen molar-refractivity contribution in [3.05, 3.63) is 29.6 Å². The van der Waals surface area contributed by atoms with Crippen LogP contribution in [-0.2, 0) is 0 Å². The van der Waals surface area contributed by atoms with Gasteiger partial charge in [-0.25, -0.2) is 0 Å². The zero-order valence-electron chi connectivity index (χ0n) is 10.5. The Hall–Kier alpha value is -0.890. The zero-order chi connectivity index (χ0) is 11.5. The first-order valence-electron chi connectivity index (χ1n) is 5.61. The van der Waals surface area contributed by atoms with Crippen molar-refractivity contribution in [1.29, 1.82) is 0 Å². The van der Waals surface area contributed by atoms with Gasteiger partial charge in [0.1, 0.15) is 0 Å². The van der Waals surface area contributed by atoms with Gasteiger partial charge in [0, 0.05) is 6.20 Å². The zero-order valence-corrected chi connectivity index (χ0v) is 10.5. The number of hydrogen-bond acceptors (Lipinski definition) is 2. The minimum Gasteiger partial charge on any atom is -0.308 e. The number of aryl methyl sites for hydroxylation is 1. The van der Waals surface area contributed by atoms with Crippen LogP contribution in [0.4, 0.5) is 0 Å². The van der Waals surface area contributed by atoms with Crippen LogP contribution in [0.2, 0.25) is 0 Å². The molecule has 84 valence electrons. The fraction of sp³-hybridized carbons (Fsp3) is 0.615. The smallest absolute Gasteiger partial charge is 0.0581 e. The van der Waals surface area contributed by atoms with Crippen molar-refractivity contribution in [1.82, 2.24) is 10.3 Å². The minimum absolute atomic E-state index is 0.191. The predicted octanol–water partition coefficient (Wildman–Crippen LogP) is 3.09. The van der Waals surface area contributed by atoms with Crippen molar-refractivity contribution < 1.29 is 0 Å². The Balaban J connectivity index is 2.99. The van der Waals surface area contributed by atoms with Gasteiger partial charge in [0.2, 0.25) is 0 Å². The SMILES string of the molecule is CCNC(c1cc(C)ccn1)C(C)(C)C. The number of pyridine rings is 1. The first-order valence-corrected chi connectivity index (χ1v) is 5.61. The van der Waals surface area contributed by atoms with Crippen molar-refractivity contribution in [2.24, 2.45) is 5.41 Å². The van der Waals surface area contributed by atoms with Gasteiger partial charge in [-0.3, -0.25) is 4.98 Å². The van der Waals surface area contributed by atoms with E-state index in [-0.39, 0.29) is 5.41 Å². The average molecular weight is 206 g/mol. The molecule has 0 fully saturated rings. The number of rotatable bonds is 3. The Morgan fingerprint density at radius 1 is 1.40 bits per heavy atom.